The number of nitro benzene ring substituents is 1. The molecule has 0 radical (unpaired) electrons. The third-order valence-electron chi connectivity index (χ3n) is 2.75. The maximum absolute atomic E-state index is 11.0. The Morgan fingerprint density at radius 2 is 2.05 bits per heavy atom. The molecule has 0 fully saturated rings. The molecule has 0 heterocycles. The minimum Gasteiger partial charge on any atom is -0.488 e. The van der Waals surface area contributed by atoms with E-state index in [0.29, 0.717) is 11.3 Å². The molecule has 0 saturated carbocycles. The van der Waals surface area contributed by atoms with Crippen LogP contribution in [0, 0.1) is 10.1 Å². The molecule has 0 bridgehead atoms. The van der Waals surface area contributed by atoms with Crippen molar-refractivity contribution in [1.82, 2.24) is 0 Å². The predicted molar refractivity (Wildman–Crippen MR) is 87.1 cm³/mol. The third-order valence-corrected chi connectivity index (χ3v) is 3.86. The van der Waals surface area contributed by atoms with Crippen molar-refractivity contribution in [3.63, 3.8) is 0 Å². The van der Waals surface area contributed by atoms with E-state index in [-0.39, 0.29) is 18.0 Å². The molecule has 6 nitrogen and oxygen atoms in total. The maximum Gasteiger partial charge on any atom is 0.294 e. The lowest BCUT2D eigenvalue weighted by Crippen LogP contribution is -2.12. The van der Waals surface area contributed by atoms with Crippen molar-refractivity contribution >= 4 is 43.2 Å². The summed E-state index contributed by atoms with van der Waals surface area (Å²) in [6.45, 7) is 0.154. The van der Waals surface area contributed by atoms with Gasteiger partial charge < -0.3 is 10.2 Å². The number of benzene rings is 2. The van der Waals surface area contributed by atoms with E-state index in [1.807, 2.05) is 12.1 Å². The van der Waals surface area contributed by atoms with Crippen LogP contribution < -0.4 is 16.0 Å². The summed E-state index contributed by atoms with van der Waals surface area (Å²) in [5.74, 6) is 6.01. The van der Waals surface area contributed by atoms with E-state index in [1.165, 1.54) is 6.07 Å². The zero-order valence-corrected chi connectivity index (χ0v) is 13.8. The summed E-state index contributed by atoms with van der Waals surface area (Å²) in [7, 11) is 0. The number of nitrogens with two attached hydrogens (primary N) is 1. The molecule has 0 saturated heterocycles. The van der Waals surface area contributed by atoms with E-state index in [9.17, 15) is 10.1 Å². The summed E-state index contributed by atoms with van der Waals surface area (Å²) in [5.41, 5.74) is 3.12. The van der Waals surface area contributed by atoms with Gasteiger partial charge in [-0.25, -0.2) is 0 Å². The summed E-state index contributed by atoms with van der Waals surface area (Å²) in [5, 5.41) is 11.0. The Kier molecular flexibility index (Phi) is 5.16. The minimum absolute atomic E-state index is 0.0894. The van der Waals surface area contributed by atoms with Crippen LogP contribution in [0.15, 0.2) is 45.3 Å². The zero-order valence-electron chi connectivity index (χ0n) is 10.7. The van der Waals surface area contributed by atoms with Gasteiger partial charge >= 0.3 is 0 Å². The van der Waals surface area contributed by atoms with Crippen molar-refractivity contribution < 1.29 is 9.66 Å². The highest BCUT2D eigenvalue weighted by Crippen LogP contribution is 2.31. The van der Waals surface area contributed by atoms with Gasteiger partial charge in [-0.3, -0.25) is 16.0 Å². The molecule has 21 heavy (non-hydrogen) atoms. The molecule has 3 N–H and O–H groups in total. The fraction of sp³-hybridized carbons (Fsp3) is 0.0769. The normalized spacial score (nSPS) is 10.2. The number of anilines is 1. The van der Waals surface area contributed by atoms with E-state index in [4.69, 9.17) is 10.6 Å². The van der Waals surface area contributed by atoms with Crippen LogP contribution in [0.2, 0.25) is 0 Å². The van der Waals surface area contributed by atoms with Crippen molar-refractivity contribution in [2.75, 3.05) is 5.43 Å². The monoisotopic (exact) mass is 415 g/mol. The van der Waals surface area contributed by atoms with Crippen molar-refractivity contribution in [2.24, 2.45) is 5.84 Å². The zero-order chi connectivity index (χ0) is 15.4. The van der Waals surface area contributed by atoms with Gasteiger partial charge in [-0.05, 0) is 34.1 Å². The van der Waals surface area contributed by atoms with Gasteiger partial charge in [0.2, 0.25) is 0 Å². The second-order valence-corrected chi connectivity index (χ2v) is 5.85. The number of nitrogen functional groups attached to an aromatic ring is 1. The molecule has 2 aromatic rings. The SMILES string of the molecule is NNc1c(COc2ccc(Br)cc2Br)cccc1[N+](=O)[O-]. The lowest BCUT2D eigenvalue weighted by Gasteiger charge is -2.12. The van der Waals surface area contributed by atoms with Crippen LogP contribution in [0.4, 0.5) is 11.4 Å². The Balaban J connectivity index is 2.24. The van der Waals surface area contributed by atoms with Gasteiger partial charge in [-0.15, -0.1) is 0 Å². The molecule has 8 heteroatoms. The number of hydrogen-bond donors (Lipinski definition) is 2. The standard InChI is InChI=1S/C13H11Br2N3O3/c14-9-4-5-12(10(15)6-9)21-7-8-2-1-3-11(18(19)20)13(8)17-16/h1-6,17H,7,16H2. The Bertz CT molecular complexity index is 680. The number of ether oxygens (including phenoxy) is 1. The van der Waals surface area contributed by atoms with E-state index < -0.39 is 4.92 Å². The van der Waals surface area contributed by atoms with Crippen LogP contribution in [0.5, 0.6) is 5.75 Å². The van der Waals surface area contributed by atoms with E-state index >= 15 is 0 Å². The highest BCUT2D eigenvalue weighted by atomic mass is 79.9. The molecule has 0 aromatic heterocycles. The molecular formula is C13H11Br2N3O3. The van der Waals surface area contributed by atoms with Gasteiger partial charge in [0.05, 0.1) is 9.40 Å². The molecule has 0 amide bonds. The molecular weight excluding hydrogens is 406 g/mol. The lowest BCUT2D eigenvalue weighted by atomic mass is 10.1. The molecule has 0 unspecified atom stereocenters. The maximum atomic E-state index is 11.0. The van der Waals surface area contributed by atoms with Gasteiger partial charge in [0.1, 0.15) is 18.0 Å². The summed E-state index contributed by atoms with van der Waals surface area (Å²) >= 11 is 6.74. The van der Waals surface area contributed by atoms with Crippen LogP contribution in [0.25, 0.3) is 0 Å². The Morgan fingerprint density at radius 1 is 1.29 bits per heavy atom. The summed E-state index contributed by atoms with van der Waals surface area (Å²) in [6, 6.07) is 10.2. The molecule has 2 aromatic carbocycles. The molecule has 0 aliphatic rings. The van der Waals surface area contributed by atoms with Crippen molar-refractivity contribution in [1.29, 1.82) is 0 Å². The molecule has 0 spiro atoms. The average Bonchev–Trinajstić information content (AvgIpc) is 2.45. The van der Waals surface area contributed by atoms with E-state index in [2.05, 4.69) is 37.3 Å². The fourth-order valence-corrected chi connectivity index (χ4v) is 2.93. The van der Waals surface area contributed by atoms with Crippen LogP contribution in [0.1, 0.15) is 5.56 Å². The predicted octanol–water partition coefficient (Wildman–Crippen LogP) is 3.98. The van der Waals surface area contributed by atoms with Crippen LogP contribution >= 0.6 is 31.9 Å². The number of halogens is 2. The summed E-state index contributed by atoms with van der Waals surface area (Å²) in [6.07, 6.45) is 0. The van der Waals surface area contributed by atoms with Crippen molar-refractivity contribution in [3.8, 4) is 5.75 Å². The quantitative estimate of drug-likeness (QED) is 0.437. The van der Waals surface area contributed by atoms with Crippen LogP contribution in [0.3, 0.4) is 0 Å². The molecule has 110 valence electrons. The third kappa shape index (κ3) is 3.72. The van der Waals surface area contributed by atoms with E-state index in [0.717, 1.165) is 8.95 Å². The molecule has 2 rings (SSSR count). The van der Waals surface area contributed by atoms with Crippen molar-refractivity contribution in [3.05, 3.63) is 61.0 Å². The van der Waals surface area contributed by atoms with E-state index in [1.54, 1.807) is 18.2 Å². The van der Waals surface area contributed by atoms with Crippen molar-refractivity contribution in [2.45, 2.75) is 6.61 Å². The topological polar surface area (TPSA) is 90.4 Å². The molecule has 0 aliphatic carbocycles. The first-order valence-corrected chi connectivity index (χ1v) is 7.42. The number of hydrogen-bond acceptors (Lipinski definition) is 5. The number of para-hydroxylation sites is 1. The first kappa shape index (κ1) is 15.7. The molecule has 0 atom stereocenters. The van der Waals surface area contributed by atoms with Gasteiger partial charge in [0.25, 0.3) is 5.69 Å². The Labute approximate surface area is 137 Å². The molecule has 0 aliphatic heterocycles. The Morgan fingerprint density at radius 3 is 2.67 bits per heavy atom. The number of nitro groups is 1. The second-order valence-electron chi connectivity index (χ2n) is 4.08. The lowest BCUT2D eigenvalue weighted by molar-refractivity contribution is -0.384. The summed E-state index contributed by atoms with van der Waals surface area (Å²) in [4.78, 5) is 10.5. The second kappa shape index (κ2) is 6.88. The number of hydrazine groups is 1. The summed E-state index contributed by atoms with van der Waals surface area (Å²) < 4.78 is 7.37. The average molecular weight is 417 g/mol. The van der Waals surface area contributed by atoms with Crippen LogP contribution in [-0.4, -0.2) is 4.92 Å². The highest BCUT2D eigenvalue weighted by molar-refractivity contribution is 9.11. The Hall–Kier alpha value is -1.64. The van der Waals surface area contributed by atoms with Gasteiger partial charge in [0.15, 0.2) is 0 Å². The van der Waals surface area contributed by atoms with Gasteiger partial charge in [0, 0.05) is 16.1 Å². The largest absolute Gasteiger partial charge is 0.488 e. The van der Waals surface area contributed by atoms with Gasteiger partial charge in [-0.2, -0.15) is 0 Å². The smallest absolute Gasteiger partial charge is 0.294 e. The van der Waals surface area contributed by atoms with Gasteiger partial charge in [-0.1, -0.05) is 28.1 Å². The first-order valence-electron chi connectivity index (χ1n) is 5.83. The highest BCUT2D eigenvalue weighted by Gasteiger charge is 2.17. The number of nitrogens with one attached hydrogen (secondary N) is 1. The van der Waals surface area contributed by atoms with Crippen LogP contribution in [-0.2, 0) is 6.61 Å². The number of nitrogens with zero attached hydrogens (tertiary/aromatic N) is 1. The first-order chi connectivity index (χ1) is 10.0. The minimum atomic E-state index is -0.492. The number of rotatable bonds is 5. The fourth-order valence-electron chi connectivity index (χ4n) is 1.77.